The molecular weight excluding hydrogens is 160 g/mol. The summed E-state index contributed by atoms with van der Waals surface area (Å²) >= 11 is 0. The number of aromatic nitrogens is 2. The summed E-state index contributed by atoms with van der Waals surface area (Å²) < 4.78 is 0. The van der Waals surface area contributed by atoms with E-state index in [1.165, 1.54) is 6.42 Å². The van der Waals surface area contributed by atoms with Gasteiger partial charge in [0.2, 0.25) is 0 Å². The minimum atomic E-state index is 0.114. The molecule has 2 heteroatoms. The topological polar surface area (TPSA) is 25.8 Å². The highest BCUT2D eigenvalue weighted by molar-refractivity contribution is 5.08. The van der Waals surface area contributed by atoms with Gasteiger partial charge in [0.05, 0.1) is 0 Å². The van der Waals surface area contributed by atoms with Crippen LogP contribution in [-0.2, 0) is 5.41 Å². The van der Waals surface area contributed by atoms with Crippen LogP contribution in [0.2, 0.25) is 0 Å². The highest BCUT2D eigenvalue weighted by atomic mass is 14.9. The van der Waals surface area contributed by atoms with E-state index < -0.39 is 0 Å². The Morgan fingerprint density at radius 1 is 1.23 bits per heavy atom. The number of hydrogen-bond acceptors (Lipinski definition) is 2. The molecule has 1 rings (SSSR count). The van der Waals surface area contributed by atoms with E-state index in [0.29, 0.717) is 0 Å². The molecule has 0 unspecified atom stereocenters. The monoisotopic (exact) mass is 178 g/mol. The average Bonchev–Trinajstić information content (AvgIpc) is 2.05. The summed E-state index contributed by atoms with van der Waals surface area (Å²) in [7, 11) is 0. The molecule has 2 nitrogen and oxygen atoms in total. The van der Waals surface area contributed by atoms with Crippen LogP contribution in [-0.4, -0.2) is 9.97 Å². The predicted octanol–water partition coefficient (Wildman–Crippen LogP) is 2.86. The summed E-state index contributed by atoms with van der Waals surface area (Å²) in [6.07, 6.45) is 6.08. The van der Waals surface area contributed by atoms with Crippen molar-refractivity contribution in [2.45, 2.75) is 46.0 Å². The fraction of sp³-hybridized carbons (Fsp3) is 0.636. The van der Waals surface area contributed by atoms with Crippen LogP contribution >= 0.6 is 0 Å². The van der Waals surface area contributed by atoms with Gasteiger partial charge in [0, 0.05) is 17.8 Å². The fourth-order valence-corrected chi connectivity index (χ4v) is 1.48. The lowest BCUT2D eigenvalue weighted by molar-refractivity contribution is 0.444. The minimum Gasteiger partial charge on any atom is -0.241 e. The van der Waals surface area contributed by atoms with Crippen molar-refractivity contribution >= 4 is 0 Å². The molecule has 0 saturated carbocycles. The fourth-order valence-electron chi connectivity index (χ4n) is 1.48. The molecule has 0 spiro atoms. The van der Waals surface area contributed by atoms with Crippen molar-refractivity contribution in [2.75, 3.05) is 0 Å². The molecule has 0 saturated heterocycles. The third-order valence-corrected chi connectivity index (χ3v) is 2.26. The third-order valence-electron chi connectivity index (χ3n) is 2.26. The normalized spacial score (nSPS) is 11.7. The molecular formula is C11H18N2. The molecule has 13 heavy (non-hydrogen) atoms. The Balaban J connectivity index is 2.87. The lowest BCUT2D eigenvalue weighted by atomic mass is 9.87. The number of hydrogen-bond donors (Lipinski definition) is 0. The highest BCUT2D eigenvalue weighted by Crippen LogP contribution is 2.24. The Morgan fingerprint density at radius 3 is 2.23 bits per heavy atom. The van der Waals surface area contributed by atoms with Crippen molar-refractivity contribution in [2.24, 2.45) is 0 Å². The SMILES string of the molecule is CCCC(C)(C)c1ncc(C)cn1. The molecule has 1 aromatic rings. The van der Waals surface area contributed by atoms with Crippen LogP contribution in [0.4, 0.5) is 0 Å². The van der Waals surface area contributed by atoms with Gasteiger partial charge >= 0.3 is 0 Å². The molecule has 0 atom stereocenters. The van der Waals surface area contributed by atoms with E-state index in [1.54, 1.807) is 0 Å². The van der Waals surface area contributed by atoms with Gasteiger partial charge in [-0.05, 0) is 18.9 Å². The molecule has 0 fully saturated rings. The van der Waals surface area contributed by atoms with Gasteiger partial charge in [-0.25, -0.2) is 9.97 Å². The molecule has 0 aromatic carbocycles. The molecule has 0 aliphatic carbocycles. The van der Waals surface area contributed by atoms with Crippen LogP contribution in [0.3, 0.4) is 0 Å². The number of rotatable bonds is 3. The lowest BCUT2D eigenvalue weighted by Crippen LogP contribution is -2.20. The van der Waals surface area contributed by atoms with Gasteiger partial charge in [0.1, 0.15) is 5.82 Å². The summed E-state index contributed by atoms with van der Waals surface area (Å²) in [6.45, 7) is 8.59. The first-order valence-electron chi connectivity index (χ1n) is 4.85. The highest BCUT2D eigenvalue weighted by Gasteiger charge is 2.21. The van der Waals surface area contributed by atoms with Crippen LogP contribution < -0.4 is 0 Å². The van der Waals surface area contributed by atoms with E-state index >= 15 is 0 Å². The average molecular weight is 178 g/mol. The van der Waals surface area contributed by atoms with Crippen molar-refractivity contribution in [1.82, 2.24) is 9.97 Å². The standard InChI is InChI=1S/C11H18N2/c1-5-6-11(3,4)10-12-7-9(2)8-13-10/h7-8H,5-6H2,1-4H3. The van der Waals surface area contributed by atoms with Crippen LogP contribution in [0.15, 0.2) is 12.4 Å². The Hall–Kier alpha value is -0.920. The van der Waals surface area contributed by atoms with Gasteiger partial charge in [-0.2, -0.15) is 0 Å². The van der Waals surface area contributed by atoms with Crippen LogP contribution in [0, 0.1) is 6.92 Å². The molecule has 0 amide bonds. The number of nitrogens with zero attached hydrogens (tertiary/aromatic N) is 2. The molecule has 1 aromatic heterocycles. The molecule has 0 radical (unpaired) electrons. The lowest BCUT2D eigenvalue weighted by Gasteiger charge is -2.21. The number of aryl methyl sites for hydroxylation is 1. The third kappa shape index (κ3) is 2.51. The zero-order chi connectivity index (χ0) is 9.90. The summed E-state index contributed by atoms with van der Waals surface area (Å²) in [6, 6.07) is 0. The Labute approximate surface area is 80.4 Å². The van der Waals surface area contributed by atoms with Crippen LogP contribution in [0.1, 0.15) is 45.0 Å². The van der Waals surface area contributed by atoms with Gasteiger partial charge in [0.25, 0.3) is 0 Å². The Bertz CT molecular complexity index is 262. The van der Waals surface area contributed by atoms with E-state index in [-0.39, 0.29) is 5.41 Å². The van der Waals surface area contributed by atoms with Gasteiger partial charge in [-0.1, -0.05) is 27.2 Å². The zero-order valence-electron chi connectivity index (χ0n) is 8.96. The molecule has 0 N–H and O–H groups in total. The molecule has 0 aliphatic rings. The Morgan fingerprint density at radius 2 is 1.77 bits per heavy atom. The Kier molecular flexibility index (Phi) is 3.02. The van der Waals surface area contributed by atoms with Gasteiger partial charge in [-0.15, -0.1) is 0 Å². The van der Waals surface area contributed by atoms with E-state index in [2.05, 4.69) is 30.7 Å². The zero-order valence-corrected chi connectivity index (χ0v) is 8.96. The summed E-state index contributed by atoms with van der Waals surface area (Å²) in [5.41, 5.74) is 1.23. The second-order valence-electron chi connectivity index (χ2n) is 4.22. The summed E-state index contributed by atoms with van der Waals surface area (Å²) in [5.74, 6) is 0.958. The second kappa shape index (κ2) is 3.86. The van der Waals surface area contributed by atoms with Gasteiger partial charge < -0.3 is 0 Å². The van der Waals surface area contributed by atoms with E-state index in [4.69, 9.17) is 0 Å². The van der Waals surface area contributed by atoms with Crippen molar-refractivity contribution in [3.05, 3.63) is 23.8 Å². The summed E-state index contributed by atoms with van der Waals surface area (Å²) in [4.78, 5) is 8.71. The van der Waals surface area contributed by atoms with Gasteiger partial charge in [-0.3, -0.25) is 0 Å². The minimum absolute atomic E-state index is 0.114. The van der Waals surface area contributed by atoms with Crippen molar-refractivity contribution in [3.8, 4) is 0 Å². The van der Waals surface area contributed by atoms with E-state index in [1.807, 2.05) is 19.3 Å². The molecule has 0 bridgehead atoms. The predicted molar refractivity (Wildman–Crippen MR) is 54.7 cm³/mol. The summed E-state index contributed by atoms with van der Waals surface area (Å²) in [5, 5.41) is 0. The van der Waals surface area contributed by atoms with Crippen LogP contribution in [0.5, 0.6) is 0 Å². The first-order chi connectivity index (χ1) is 6.06. The van der Waals surface area contributed by atoms with Crippen molar-refractivity contribution in [1.29, 1.82) is 0 Å². The quantitative estimate of drug-likeness (QED) is 0.711. The molecule has 1 heterocycles. The second-order valence-corrected chi connectivity index (χ2v) is 4.22. The maximum Gasteiger partial charge on any atom is 0.133 e. The van der Waals surface area contributed by atoms with Crippen molar-refractivity contribution in [3.63, 3.8) is 0 Å². The maximum atomic E-state index is 4.36. The van der Waals surface area contributed by atoms with E-state index in [0.717, 1.165) is 17.8 Å². The van der Waals surface area contributed by atoms with Crippen molar-refractivity contribution < 1.29 is 0 Å². The molecule has 0 aliphatic heterocycles. The smallest absolute Gasteiger partial charge is 0.133 e. The first-order valence-corrected chi connectivity index (χ1v) is 4.85. The maximum absolute atomic E-state index is 4.36. The first kappa shape index (κ1) is 10.2. The molecule has 72 valence electrons. The van der Waals surface area contributed by atoms with E-state index in [9.17, 15) is 0 Å². The van der Waals surface area contributed by atoms with Gasteiger partial charge in [0.15, 0.2) is 0 Å². The van der Waals surface area contributed by atoms with Crippen LogP contribution in [0.25, 0.3) is 0 Å². The largest absolute Gasteiger partial charge is 0.241 e.